The van der Waals surface area contributed by atoms with Crippen LogP contribution in [0.25, 0.3) is 0 Å². The van der Waals surface area contributed by atoms with Gasteiger partial charge >= 0.3 is 7.82 Å². The number of phosphoric acid groups is 1. The fourth-order valence-corrected chi connectivity index (χ4v) is 2.44. The molecule has 1 saturated heterocycles. The summed E-state index contributed by atoms with van der Waals surface area (Å²) in [6.45, 7) is 5.04. The molecular formula is C11H24NO6P. The average Bonchev–Trinajstić information content (AvgIpc) is 2.66. The van der Waals surface area contributed by atoms with Gasteiger partial charge in [-0.25, -0.2) is 4.57 Å². The molecule has 0 aromatic rings. The molecule has 1 rings (SSSR count). The highest BCUT2D eigenvalue weighted by atomic mass is 31.2. The largest absolute Gasteiger partial charge is 0.474 e. The van der Waals surface area contributed by atoms with Crippen LogP contribution in [-0.4, -0.2) is 64.4 Å². The quantitative estimate of drug-likeness (QED) is 0.629. The van der Waals surface area contributed by atoms with E-state index < -0.39 is 13.6 Å². The lowest BCUT2D eigenvalue weighted by Crippen LogP contribution is -2.24. The van der Waals surface area contributed by atoms with Crippen molar-refractivity contribution in [2.24, 2.45) is 0 Å². The van der Waals surface area contributed by atoms with Gasteiger partial charge in [-0.1, -0.05) is 0 Å². The van der Waals surface area contributed by atoms with Crippen LogP contribution < -0.4 is 0 Å². The minimum atomic E-state index is -3.51. The Morgan fingerprint density at radius 2 is 2.05 bits per heavy atom. The van der Waals surface area contributed by atoms with Crippen LogP contribution in [0, 0.1) is 0 Å². The fraction of sp³-hybridized carbons (Fsp3) is 1.00. The van der Waals surface area contributed by atoms with Gasteiger partial charge in [0.1, 0.15) is 6.10 Å². The van der Waals surface area contributed by atoms with Gasteiger partial charge in [0, 0.05) is 13.7 Å². The lowest BCUT2D eigenvalue weighted by Gasteiger charge is -2.20. The van der Waals surface area contributed by atoms with E-state index >= 15 is 0 Å². The van der Waals surface area contributed by atoms with E-state index in [4.69, 9.17) is 23.0 Å². The van der Waals surface area contributed by atoms with Crippen LogP contribution in [0.2, 0.25) is 0 Å². The molecule has 0 N–H and O–H groups in total. The lowest BCUT2D eigenvalue weighted by atomic mass is 10.4. The van der Waals surface area contributed by atoms with Gasteiger partial charge in [-0.05, 0) is 27.9 Å². The predicted octanol–water partition coefficient (Wildman–Crippen LogP) is 1.49. The predicted molar refractivity (Wildman–Crippen MR) is 70.0 cm³/mol. The number of hydrogen-bond donors (Lipinski definition) is 0. The molecule has 19 heavy (non-hydrogen) atoms. The van der Waals surface area contributed by atoms with Crippen LogP contribution in [0.5, 0.6) is 0 Å². The molecule has 1 fully saturated rings. The Morgan fingerprint density at radius 1 is 1.37 bits per heavy atom. The molecule has 0 unspecified atom stereocenters. The first-order chi connectivity index (χ1) is 8.76. The Morgan fingerprint density at radius 3 is 2.53 bits per heavy atom. The molecule has 1 aliphatic rings. The summed E-state index contributed by atoms with van der Waals surface area (Å²) in [5, 5.41) is 0. The first kappa shape index (κ1) is 17.0. The number of ether oxygens (including phenoxy) is 2. The SMILES string of the molecule is CO[P@@](=O)(OCCN(C)C)OC[C@H]1COC(C)(C)O1. The third kappa shape index (κ3) is 6.31. The molecule has 8 heteroatoms. The van der Waals surface area contributed by atoms with E-state index in [1.807, 2.05) is 32.8 Å². The van der Waals surface area contributed by atoms with E-state index in [0.29, 0.717) is 13.2 Å². The van der Waals surface area contributed by atoms with Crippen LogP contribution in [0.4, 0.5) is 0 Å². The van der Waals surface area contributed by atoms with E-state index in [0.717, 1.165) is 0 Å². The zero-order chi connectivity index (χ0) is 14.5. The summed E-state index contributed by atoms with van der Waals surface area (Å²) in [7, 11) is 1.58. The lowest BCUT2D eigenvalue weighted by molar-refractivity contribution is -0.142. The maximum absolute atomic E-state index is 12.1. The number of phosphoric ester groups is 1. The van der Waals surface area contributed by atoms with E-state index in [1.165, 1.54) is 7.11 Å². The highest BCUT2D eigenvalue weighted by Crippen LogP contribution is 2.48. The molecule has 2 atom stereocenters. The molecule has 1 heterocycles. The molecule has 114 valence electrons. The van der Waals surface area contributed by atoms with Crippen molar-refractivity contribution in [3.8, 4) is 0 Å². The number of rotatable bonds is 8. The molecule has 0 bridgehead atoms. The van der Waals surface area contributed by atoms with Crippen molar-refractivity contribution in [3.05, 3.63) is 0 Å². The fourth-order valence-electron chi connectivity index (χ4n) is 1.50. The van der Waals surface area contributed by atoms with Gasteiger partial charge in [0.15, 0.2) is 5.79 Å². The minimum Gasteiger partial charge on any atom is -0.348 e. The van der Waals surface area contributed by atoms with Crippen molar-refractivity contribution < 1.29 is 27.6 Å². The van der Waals surface area contributed by atoms with Gasteiger partial charge in [0.25, 0.3) is 0 Å². The van der Waals surface area contributed by atoms with Crippen LogP contribution in [0.3, 0.4) is 0 Å². The van der Waals surface area contributed by atoms with Crippen molar-refractivity contribution in [3.63, 3.8) is 0 Å². The van der Waals surface area contributed by atoms with E-state index in [-0.39, 0.29) is 19.3 Å². The topological polar surface area (TPSA) is 66.5 Å². The van der Waals surface area contributed by atoms with Crippen molar-refractivity contribution >= 4 is 7.82 Å². The van der Waals surface area contributed by atoms with Gasteiger partial charge in [0.05, 0.1) is 19.8 Å². The van der Waals surface area contributed by atoms with Crippen molar-refractivity contribution in [2.45, 2.75) is 25.7 Å². The van der Waals surface area contributed by atoms with Gasteiger partial charge in [-0.2, -0.15) is 0 Å². The zero-order valence-corrected chi connectivity index (χ0v) is 13.1. The molecule has 0 radical (unpaired) electrons. The molecule has 0 amide bonds. The highest BCUT2D eigenvalue weighted by Gasteiger charge is 2.35. The van der Waals surface area contributed by atoms with Crippen molar-refractivity contribution in [2.75, 3.05) is 47.6 Å². The van der Waals surface area contributed by atoms with Crippen LogP contribution in [0.1, 0.15) is 13.8 Å². The Hall–Kier alpha value is -0.0100. The summed E-state index contributed by atoms with van der Waals surface area (Å²) in [6.07, 6.45) is -0.268. The van der Waals surface area contributed by atoms with E-state index in [1.54, 1.807) is 0 Å². The summed E-state index contributed by atoms with van der Waals surface area (Å²) >= 11 is 0. The average molecular weight is 297 g/mol. The van der Waals surface area contributed by atoms with Crippen LogP contribution in [0.15, 0.2) is 0 Å². The second-order valence-corrected chi connectivity index (χ2v) is 6.79. The van der Waals surface area contributed by atoms with Crippen LogP contribution >= 0.6 is 7.82 Å². The Balaban J connectivity index is 2.33. The van der Waals surface area contributed by atoms with E-state index in [2.05, 4.69) is 0 Å². The third-order valence-corrected chi connectivity index (χ3v) is 3.91. The smallest absolute Gasteiger partial charge is 0.348 e. The van der Waals surface area contributed by atoms with E-state index in [9.17, 15) is 4.57 Å². The number of hydrogen-bond acceptors (Lipinski definition) is 7. The summed E-state index contributed by atoms with van der Waals surface area (Å²) in [5.74, 6) is -0.628. The van der Waals surface area contributed by atoms with Gasteiger partial charge in [-0.3, -0.25) is 13.6 Å². The van der Waals surface area contributed by atoms with Gasteiger partial charge < -0.3 is 14.4 Å². The standard InChI is InChI=1S/C11H24NO6P/c1-11(2)15-8-10(18-11)9-17-19(13,14-5)16-7-6-12(3)4/h10H,6-9H2,1-5H3/t10-,19+/m1/s1. The Kier molecular flexibility index (Phi) is 6.39. The molecule has 0 spiro atoms. The maximum Gasteiger partial charge on any atom is 0.474 e. The normalized spacial score (nSPS) is 25.7. The zero-order valence-electron chi connectivity index (χ0n) is 12.2. The summed E-state index contributed by atoms with van der Waals surface area (Å²) in [5.41, 5.74) is 0. The number of nitrogens with zero attached hydrogens (tertiary/aromatic N) is 1. The second kappa shape index (κ2) is 7.13. The van der Waals surface area contributed by atoms with Crippen LogP contribution in [-0.2, 0) is 27.6 Å². The first-order valence-electron chi connectivity index (χ1n) is 6.18. The van der Waals surface area contributed by atoms with Crippen molar-refractivity contribution in [1.82, 2.24) is 4.90 Å². The molecule has 0 aromatic carbocycles. The molecule has 7 nitrogen and oxygen atoms in total. The Labute approximate surface area is 114 Å². The molecule has 1 aliphatic heterocycles. The van der Waals surface area contributed by atoms with Gasteiger partial charge in [0.2, 0.25) is 0 Å². The summed E-state index contributed by atoms with van der Waals surface area (Å²) in [6, 6.07) is 0. The Bertz CT molecular complexity index is 322. The monoisotopic (exact) mass is 297 g/mol. The minimum absolute atomic E-state index is 0.108. The molecule has 0 aliphatic carbocycles. The first-order valence-corrected chi connectivity index (χ1v) is 7.64. The summed E-state index contributed by atoms with van der Waals surface area (Å²) < 4.78 is 38.3. The molecular weight excluding hydrogens is 273 g/mol. The third-order valence-electron chi connectivity index (χ3n) is 2.50. The highest BCUT2D eigenvalue weighted by molar-refractivity contribution is 7.48. The number of likely N-dealkylation sites (N-methyl/N-ethyl adjacent to an activating group) is 1. The second-order valence-electron chi connectivity index (χ2n) is 5.01. The summed E-state index contributed by atoms with van der Waals surface area (Å²) in [4.78, 5) is 1.91. The maximum atomic E-state index is 12.1. The van der Waals surface area contributed by atoms with Gasteiger partial charge in [-0.15, -0.1) is 0 Å². The van der Waals surface area contributed by atoms with Crippen molar-refractivity contribution in [1.29, 1.82) is 0 Å². The molecule has 0 aromatic heterocycles. The molecule has 0 saturated carbocycles.